The fourth-order valence-corrected chi connectivity index (χ4v) is 2.85. The average molecular weight is 480 g/mol. The zero-order valence-electron chi connectivity index (χ0n) is 15.9. The van der Waals surface area contributed by atoms with Crippen LogP contribution in [-0.4, -0.2) is 43.4 Å². The van der Waals surface area contributed by atoms with E-state index in [1.54, 1.807) is 30.3 Å². The van der Waals surface area contributed by atoms with Crippen molar-refractivity contribution in [3.63, 3.8) is 0 Å². The van der Waals surface area contributed by atoms with Crippen LogP contribution in [0.1, 0.15) is 50.8 Å². The molecule has 0 aromatic carbocycles. The summed E-state index contributed by atoms with van der Waals surface area (Å²) >= 11 is 1.71. The molecule has 0 radical (unpaired) electrons. The van der Waals surface area contributed by atoms with Crippen LogP contribution < -0.4 is 10.6 Å². The first-order valence-corrected chi connectivity index (χ1v) is 9.68. The Bertz CT molecular complexity index is 491. The van der Waals surface area contributed by atoms with Crippen molar-refractivity contribution in [2.24, 2.45) is 4.99 Å². The van der Waals surface area contributed by atoms with Crippen LogP contribution in [0, 0.1) is 0 Å². The second kappa shape index (κ2) is 14.4. The van der Waals surface area contributed by atoms with Gasteiger partial charge in [0.2, 0.25) is 5.91 Å². The van der Waals surface area contributed by atoms with Gasteiger partial charge in [0, 0.05) is 25.0 Å². The minimum Gasteiger partial charge on any atom is -0.354 e. The van der Waals surface area contributed by atoms with E-state index in [0.717, 1.165) is 13.0 Å². The molecule has 1 unspecified atom stereocenters. The first-order chi connectivity index (χ1) is 11.5. The topological polar surface area (TPSA) is 56.7 Å². The molecule has 1 rings (SSSR count). The molecular weight excluding hydrogens is 447 g/mol. The molecule has 0 fully saturated rings. The van der Waals surface area contributed by atoms with Crippen molar-refractivity contribution in [3.8, 4) is 0 Å². The van der Waals surface area contributed by atoms with Crippen molar-refractivity contribution < 1.29 is 4.79 Å². The predicted octanol–water partition coefficient (Wildman–Crippen LogP) is 3.85. The largest absolute Gasteiger partial charge is 0.354 e. The summed E-state index contributed by atoms with van der Waals surface area (Å²) in [5, 5.41) is 8.81. The van der Waals surface area contributed by atoms with Crippen molar-refractivity contribution >= 4 is 47.2 Å². The Balaban J connectivity index is 0.00000576. The van der Waals surface area contributed by atoms with Gasteiger partial charge in [-0.2, -0.15) is 0 Å². The number of hydrogen-bond donors (Lipinski definition) is 2. The molecule has 0 saturated heterocycles. The summed E-state index contributed by atoms with van der Waals surface area (Å²) in [6, 6.07) is 4.47. The fraction of sp³-hybridized carbons (Fsp3) is 0.667. The lowest BCUT2D eigenvalue weighted by molar-refractivity contribution is -0.127. The van der Waals surface area contributed by atoms with Crippen LogP contribution >= 0.6 is 35.3 Å². The Morgan fingerprint density at radius 2 is 2.08 bits per heavy atom. The average Bonchev–Trinajstić information content (AvgIpc) is 3.07. The van der Waals surface area contributed by atoms with Crippen molar-refractivity contribution in [2.75, 3.05) is 20.6 Å². The molecule has 1 amide bonds. The maximum atomic E-state index is 11.8. The molecule has 1 heterocycles. The first kappa shape index (κ1) is 24.2. The highest BCUT2D eigenvalue weighted by Gasteiger charge is 2.08. The van der Waals surface area contributed by atoms with Crippen LogP contribution in [0.3, 0.4) is 0 Å². The molecule has 0 aliphatic rings. The number of carbonyl (C=O) groups is 1. The lowest BCUT2D eigenvalue weighted by Gasteiger charge is -2.18. The van der Waals surface area contributed by atoms with E-state index in [-0.39, 0.29) is 36.4 Å². The third kappa shape index (κ3) is 11.4. The van der Waals surface area contributed by atoms with E-state index in [4.69, 9.17) is 0 Å². The molecule has 1 atom stereocenters. The Hall–Kier alpha value is -0.830. The highest BCUT2D eigenvalue weighted by molar-refractivity contribution is 14.0. The quantitative estimate of drug-likeness (QED) is 0.232. The van der Waals surface area contributed by atoms with Crippen molar-refractivity contribution in [3.05, 3.63) is 22.4 Å². The van der Waals surface area contributed by atoms with Gasteiger partial charge in [0.25, 0.3) is 0 Å². The van der Waals surface area contributed by atoms with E-state index in [0.29, 0.717) is 12.0 Å². The summed E-state index contributed by atoms with van der Waals surface area (Å²) < 4.78 is 0. The third-order valence-corrected chi connectivity index (χ3v) is 4.63. The molecule has 0 spiro atoms. The second-order valence-corrected chi connectivity index (χ2v) is 7.31. The molecule has 0 saturated carbocycles. The number of halogens is 1. The molecule has 7 heteroatoms. The van der Waals surface area contributed by atoms with Gasteiger partial charge in [-0.25, -0.2) is 4.99 Å². The highest BCUT2D eigenvalue weighted by Crippen LogP contribution is 2.08. The van der Waals surface area contributed by atoms with Crippen molar-refractivity contribution in [1.82, 2.24) is 15.5 Å². The van der Waals surface area contributed by atoms with Gasteiger partial charge in [0.1, 0.15) is 6.54 Å². The number of nitrogens with zero attached hydrogens (tertiary/aromatic N) is 2. The molecule has 1 aromatic heterocycles. The zero-order valence-corrected chi connectivity index (χ0v) is 19.0. The molecule has 2 N–H and O–H groups in total. The molecule has 0 aliphatic carbocycles. The number of carbonyl (C=O) groups excluding carboxylic acids is 1. The lowest BCUT2D eigenvalue weighted by atomic mass is 10.1. The van der Waals surface area contributed by atoms with Gasteiger partial charge < -0.3 is 15.5 Å². The van der Waals surface area contributed by atoms with E-state index in [2.05, 4.69) is 40.9 Å². The summed E-state index contributed by atoms with van der Waals surface area (Å²) in [6.07, 6.45) is 6.15. The molecule has 0 bridgehead atoms. The number of rotatable bonds is 10. The number of unbranched alkanes of at least 4 members (excludes halogenated alkanes) is 3. The number of hydrogen-bond acceptors (Lipinski definition) is 3. The Morgan fingerprint density at radius 3 is 2.68 bits per heavy atom. The third-order valence-electron chi connectivity index (χ3n) is 3.76. The normalized spacial score (nSPS) is 12.2. The second-order valence-electron chi connectivity index (χ2n) is 6.28. The van der Waals surface area contributed by atoms with Crippen molar-refractivity contribution in [2.45, 2.75) is 58.5 Å². The molecule has 5 nitrogen and oxygen atoms in total. The van der Waals surface area contributed by atoms with Gasteiger partial charge in [-0.15, -0.1) is 35.3 Å². The number of amides is 1. The number of likely N-dealkylation sites (N-methyl/N-ethyl adjacent to an activating group) is 1. The minimum atomic E-state index is 0. The number of thiophene rings is 1. The molecule has 25 heavy (non-hydrogen) atoms. The zero-order chi connectivity index (χ0) is 17.8. The number of nitrogens with one attached hydrogen (secondary N) is 2. The van der Waals surface area contributed by atoms with Crippen LogP contribution in [0.5, 0.6) is 0 Å². The highest BCUT2D eigenvalue weighted by atomic mass is 127. The monoisotopic (exact) mass is 480 g/mol. The standard InChI is InChI=1S/C18H32N4OS.HI/c1-5-6-7-8-10-15(2)21-18(20-14-17(23)22(3)4)19-13-16-11-9-12-24-16;/h9,11-12,15H,5-8,10,13-14H2,1-4H3,(H2,19,20,21);1H. The maximum Gasteiger partial charge on any atom is 0.243 e. The molecule has 1 aromatic rings. The number of guanidine groups is 1. The van der Waals surface area contributed by atoms with E-state index in [9.17, 15) is 4.79 Å². The van der Waals surface area contributed by atoms with Gasteiger partial charge in [0.15, 0.2) is 5.96 Å². The smallest absolute Gasteiger partial charge is 0.243 e. The lowest BCUT2D eigenvalue weighted by Crippen LogP contribution is -2.42. The molecule has 144 valence electrons. The van der Waals surface area contributed by atoms with Crippen LogP contribution in [-0.2, 0) is 11.3 Å². The van der Waals surface area contributed by atoms with Gasteiger partial charge in [-0.1, -0.05) is 38.7 Å². The number of aliphatic imine (C=N–C) groups is 1. The van der Waals surface area contributed by atoms with E-state index in [1.807, 2.05) is 6.07 Å². The predicted molar refractivity (Wildman–Crippen MR) is 119 cm³/mol. The first-order valence-electron chi connectivity index (χ1n) is 8.80. The van der Waals surface area contributed by atoms with Gasteiger partial charge in [-0.05, 0) is 24.8 Å². The fourth-order valence-electron chi connectivity index (χ4n) is 2.21. The maximum absolute atomic E-state index is 11.8. The van der Waals surface area contributed by atoms with Crippen LogP contribution in [0.4, 0.5) is 0 Å². The van der Waals surface area contributed by atoms with Gasteiger partial charge >= 0.3 is 0 Å². The summed E-state index contributed by atoms with van der Waals surface area (Å²) in [4.78, 5) is 19.0. The van der Waals surface area contributed by atoms with Crippen LogP contribution in [0.15, 0.2) is 22.5 Å². The molecule has 0 aliphatic heterocycles. The minimum absolute atomic E-state index is 0. The van der Waals surface area contributed by atoms with Crippen molar-refractivity contribution in [1.29, 1.82) is 0 Å². The van der Waals surface area contributed by atoms with E-state index >= 15 is 0 Å². The Kier molecular flexibility index (Phi) is 13.9. The van der Waals surface area contributed by atoms with Gasteiger partial charge in [0.05, 0.1) is 6.54 Å². The Morgan fingerprint density at radius 1 is 1.32 bits per heavy atom. The summed E-state index contributed by atoms with van der Waals surface area (Å²) in [5.41, 5.74) is 0. The summed E-state index contributed by atoms with van der Waals surface area (Å²) in [7, 11) is 3.50. The van der Waals surface area contributed by atoms with Crippen LogP contribution in [0.25, 0.3) is 0 Å². The Labute approximate surface area is 173 Å². The molecular formula is C18H33IN4OS. The summed E-state index contributed by atoms with van der Waals surface area (Å²) in [5.74, 6) is 0.712. The van der Waals surface area contributed by atoms with Gasteiger partial charge in [-0.3, -0.25) is 4.79 Å². The van der Waals surface area contributed by atoms with Crippen LogP contribution in [0.2, 0.25) is 0 Å². The summed E-state index contributed by atoms with van der Waals surface area (Å²) in [6.45, 7) is 5.28. The van der Waals surface area contributed by atoms with E-state index in [1.165, 1.54) is 30.6 Å². The van der Waals surface area contributed by atoms with E-state index < -0.39 is 0 Å². The SMILES string of the molecule is CCCCCCC(C)NC(=NCC(=O)N(C)C)NCc1cccs1.I.